The van der Waals surface area contributed by atoms with Gasteiger partial charge < -0.3 is 5.32 Å². The van der Waals surface area contributed by atoms with Crippen LogP contribution in [0.1, 0.15) is 23.2 Å². The molecule has 0 aliphatic carbocycles. The van der Waals surface area contributed by atoms with Crippen LogP contribution in [0.25, 0.3) is 0 Å². The van der Waals surface area contributed by atoms with Crippen LogP contribution in [-0.2, 0) is 19.9 Å². The first kappa shape index (κ1) is 13.7. The second-order valence-corrected chi connectivity index (χ2v) is 5.10. The van der Waals surface area contributed by atoms with Crippen molar-refractivity contribution in [3.63, 3.8) is 0 Å². The van der Waals surface area contributed by atoms with Crippen LogP contribution in [0, 0.1) is 6.92 Å². The Morgan fingerprint density at radius 1 is 1.37 bits per heavy atom. The van der Waals surface area contributed by atoms with E-state index in [0.717, 1.165) is 25.0 Å². The van der Waals surface area contributed by atoms with E-state index >= 15 is 0 Å². The first-order chi connectivity index (χ1) is 9.17. The summed E-state index contributed by atoms with van der Waals surface area (Å²) in [5.74, 6) is 0. The first-order valence-corrected chi connectivity index (χ1v) is 6.75. The predicted octanol–water partition coefficient (Wildman–Crippen LogP) is 1.89. The van der Waals surface area contributed by atoms with Crippen molar-refractivity contribution >= 4 is 0 Å². The van der Waals surface area contributed by atoms with Crippen LogP contribution in [0.4, 0.5) is 0 Å². The van der Waals surface area contributed by atoms with E-state index in [1.165, 1.54) is 11.1 Å². The molecule has 2 rings (SSSR count). The Hall–Kier alpha value is -1.68. The monoisotopic (exact) mass is 258 g/mol. The number of hydrogen-bond acceptors (Lipinski definition) is 3. The molecule has 4 heteroatoms. The number of aryl methyl sites for hydroxylation is 3. The van der Waals surface area contributed by atoms with Gasteiger partial charge in [0.2, 0.25) is 0 Å². The molecule has 1 aromatic heterocycles. The maximum atomic E-state index is 4.15. The molecule has 0 fully saturated rings. The van der Waals surface area contributed by atoms with E-state index < -0.39 is 0 Å². The molecule has 1 atom stereocenters. The molecule has 0 aliphatic heterocycles. The minimum absolute atomic E-state index is 0.442. The number of nitrogens with zero attached hydrogens (tertiary/aromatic N) is 3. The van der Waals surface area contributed by atoms with E-state index in [9.17, 15) is 0 Å². The van der Waals surface area contributed by atoms with Gasteiger partial charge in [0.15, 0.2) is 0 Å². The molecule has 0 aliphatic rings. The van der Waals surface area contributed by atoms with E-state index in [0.29, 0.717) is 6.04 Å². The molecule has 0 spiro atoms. The smallest absolute Gasteiger partial charge is 0.0842 e. The quantitative estimate of drug-likeness (QED) is 0.860. The largest absolute Gasteiger partial charge is 0.317 e. The van der Waals surface area contributed by atoms with Gasteiger partial charge in [-0.1, -0.05) is 35.0 Å². The highest BCUT2D eigenvalue weighted by atomic mass is 15.4. The topological polar surface area (TPSA) is 42.7 Å². The summed E-state index contributed by atoms with van der Waals surface area (Å²) in [5.41, 5.74) is 3.78. The Morgan fingerprint density at radius 3 is 2.84 bits per heavy atom. The first-order valence-electron chi connectivity index (χ1n) is 6.75. The summed E-state index contributed by atoms with van der Waals surface area (Å²) < 4.78 is 1.75. The highest BCUT2D eigenvalue weighted by Gasteiger charge is 2.10. The lowest BCUT2D eigenvalue weighted by Gasteiger charge is -2.14. The van der Waals surface area contributed by atoms with Crippen molar-refractivity contribution in [2.75, 3.05) is 7.05 Å². The maximum absolute atomic E-state index is 4.15. The number of nitrogens with one attached hydrogen (secondary N) is 1. The second kappa shape index (κ2) is 6.48. The minimum atomic E-state index is 0.442. The molecule has 1 unspecified atom stereocenters. The summed E-state index contributed by atoms with van der Waals surface area (Å²) in [6.07, 6.45) is 5.11. The molecule has 0 amide bonds. The number of rotatable bonds is 6. The number of likely N-dealkylation sites (N-methyl/N-ethyl adjacent to an activating group) is 1. The molecule has 19 heavy (non-hydrogen) atoms. The van der Waals surface area contributed by atoms with Gasteiger partial charge in [-0.25, -0.2) is 0 Å². The van der Waals surface area contributed by atoms with Gasteiger partial charge in [-0.15, -0.1) is 5.10 Å². The van der Waals surface area contributed by atoms with Crippen molar-refractivity contribution in [3.8, 4) is 0 Å². The normalized spacial score (nSPS) is 12.6. The fourth-order valence-corrected chi connectivity index (χ4v) is 2.30. The third kappa shape index (κ3) is 4.17. The molecule has 102 valence electrons. The zero-order valence-corrected chi connectivity index (χ0v) is 11.9. The van der Waals surface area contributed by atoms with Crippen molar-refractivity contribution < 1.29 is 0 Å². The molecule has 0 saturated heterocycles. The van der Waals surface area contributed by atoms with Crippen LogP contribution in [0.3, 0.4) is 0 Å². The highest BCUT2D eigenvalue weighted by Crippen LogP contribution is 2.10. The summed E-state index contributed by atoms with van der Waals surface area (Å²) in [5, 5.41) is 11.5. The van der Waals surface area contributed by atoms with E-state index in [2.05, 4.69) is 46.8 Å². The van der Waals surface area contributed by atoms with E-state index in [-0.39, 0.29) is 0 Å². The Morgan fingerprint density at radius 2 is 2.21 bits per heavy atom. The van der Waals surface area contributed by atoms with Crippen LogP contribution in [0.15, 0.2) is 30.5 Å². The lowest BCUT2D eigenvalue weighted by Crippen LogP contribution is -2.28. The van der Waals surface area contributed by atoms with Crippen LogP contribution < -0.4 is 5.32 Å². The molecule has 1 aromatic carbocycles. The predicted molar refractivity (Wildman–Crippen MR) is 77.1 cm³/mol. The Bertz CT molecular complexity index is 518. The standard InChI is InChI=1S/C15H22N4/c1-12-5-4-6-13(9-12)7-8-14(16-2)10-15-11-19(3)18-17-15/h4-6,9,11,14,16H,7-8,10H2,1-3H3. The van der Waals surface area contributed by atoms with Crippen LogP contribution in [-0.4, -0.2) is 28.1 Å². The molecule has 1 heterocycles. The van der Waals surface area contributed by atoms with Gasteiger partial charge in [-0.3, -0.25) is 4.68 Å². The summed E-state index contributed by atoms with van der Waals surface area (Å²) in [6.45, 7) is 2.14. The van der Waals surface area contributed by atoms with Gasteiger partial charge in [-0.05, 0) is 32.4 Å². The van der Waals surface area contributed by atoms with E-state index in [1.54, 1.807) is 4.68 Å². The van der Waals surface area contributed by atoms with Crippen LogP contribution in [0.5, 0.6) is 0 Å². The summed E-state index contributed by atoms with van der Waals surface area (Å²) >= 11 is 0. The molecule has 0 radical (unpaired) electrons. The molecule has 2 aromatic rings. The third-order valence-corrected chi connectivity index (χ3v) is 3.38. The molecular weight excluding hydrogens is 236 g/mol. The van der Waals surface area contributed by atoms with Gasteiger partial charge in [0.25, 0.3) is 0 Å². The zero-order valence-electron chi connectivity index (χ0n) is 11.9. The molecule has 0 saturated carbocycles. The number of hydrogen-bond donors (Lipinski definition) is 1. The molecule has 4 nitrogen and oxygen atoms in total. The Labute approximate surface area is 114 Å². The molecule has 1 N–H and O–H groups in total. The van der Waals surface area contributed by atoms with Crippen molar-refractivity contribution in [2.45, 2.75) is 32.2 Å². The average molecular weight is 258 g/mol. The van der Waals surface area contributed by atoms with Crippen LogP contribution >= 0.6 is 0 Å². The van der Waals surface area contributed by atoms with Gasteiger partial charge in [0.1, 0.15) is 0 Å². The minimum Gasteiger partial charge on any atom is -0.317 e. The Balaban J connectivity index is 1.89. The summed E-state index contributed by atoms with van der Waals surface area (Å²) in [4.78, 5) is 0. The van der Waals surface area contributed by atoms with Gasteiger partial charge in [0, 0.05) is 25.7 Å². The third-order valence-electron chi connectivity index (χ3n) is 3.38. The van der Waals surface area contributed by atoms with E-state index in [4.69, 9.17) is 0 Å². The SMILES string of the molecule is CNC(CCc1cccc(C)c1)Cc1cn(C)nn1. The highest BCUT2D eigenvalue weighted by molar-refractivity contribution is 5.22. The van der Waals surface area contributed by atoms with Crippen LogP contribution in [0.2, 0.25) is 0 Å². The molecular formula is C15H22N4. The Kier molecular flexibility index (Phi) is 4.68. The van der Waals surface area contributed by atoms with Gasteiger partial charge in [0.05, 0.1) is 5.69 Å². The average Bonchev–Trinajstić information content (AvgIpc) is 2.80. The number of benzene rings is 1. The van der Waals surface area contributed by atoms with Gasteiger partial charge >= 0.3 is 0 Å². The maximum Gasteiger partial charge on any atom is 0.0842 e. The summed E-state index contributed by atoms with van der Waals surface area (Å²) in [6, 6.07) is 9.16. The zero-order chi connectivity index (χ0) is 13.7. The molecule has 0 bridgehead atoms. The van der Waals surface area contributed by atoms with Crippen molar-refractivity contribution in [2.24, 2.45) is 7.05 Å². The van der Waals surface area contributed by atoms with Crippen molar-refractivity contribution in [3.05, 3.63) is 47.3 Å². The second-order valence-electron chi connectivity index (χ2n) is 5.10. The van der Waals surface area contributed by atoms with Gasteiger partial charge in [-0.2, -0.15) is 0 Å². The number of aromatic nitrogens is 3. The summed E-state index contributed by atoms with van der Waals surface area (Å²) in [7, 11) is 3.91. The lowest BCUT2D eigenvalue weighted by atomic mass is 10.0. The van der Waals surface area contributed by atoms with Crippen molar-refractivity contribution in [1.29, 1.82) is 0 Å². The lowest BCUT2D eigenvalue weighted by molar-refractivity contribution is 0.514. The van der Waals surface area contributed by atoms with E-state index in [1.807, 2.05) is 20.3 Å². The fourth-order valence-electron chi connectivity index (χ4n) is 2.30. The van der Waals surface area contributed by atoms with Crippen molar-refractivity contribution in [1.82, 2.24) is 20.3 Å². The fraction of sp³-hybridized carbons (Fsp3) is 0.467.